The van der Waals surface area contributed by atoms with Crippen molar-refractivity contribution >= 4 is 7.32 Å². The number of quaternary nitrogens is 2. The Labute approximate surface area is 294 Å². The Hall–Kier alpha value is -3.11. The van der Waals surface area contributed by atoms with E-state index in [4.69, 9.17) is 4.65 Å². The van der Waals surface area contributed by atoms with Crippen molar-refractivity contribution in [2.24, 2.45) is 0 Å². The Morgan fingerprint density at radius 1 is 0.529 bits per heavy atom. The topological polar surface area (TPSA) is 55.3 Å². The van der Waals surface area contributed by atoms with Gasteiger partial charge < -0.3 is 23.7 Å². The number of rotatable bonds is 5. The molecule has 1 fully saturated rings. The van der Waals surface area contributed by atoms with Gasteiger partial charge in [0, 0.05) is 0 Å². The highest BCUT2D eigenvalue weighted by molar-refractivity contribution is 6.28. The van der Waals surface area contributed by atoms with E-state index in [2.05, 4.69) is 56.4 Å². The summed E-state index contributed by atoms with van der Waals surface area (Å²) in [6.07, 6.45) is -14.6. The summed E-state index contributed by atoms with van der Waals surface area (Å²) in [5.41, 5.74) is -8.90. The number of benzene rings is 3. The zero-order chi connectivity index (χ0) is 39.3. The van der Waals surface area contributed by atoms with E-state index in [-0.39, 0.29) is 42.4 Å². The number of halogens is 9. The van der Waals surface area contributed by atoms with Crippen molar-refractivity contribution in [3.8, 4) is 0 Å². The first-order valence-corrected chi connectivity index (χ1v) is 16.1. The van der Waals surface area contributed by atoms with Gasteiger partial charge in [-0.25, -0.2) is 0 Å². The molecule has 0 aliphatic heterocycles. The van der Waals surface area contributed by atoms with Gasteiger partial charge in [0.05, 0.1) is 91.4 Å². The van der Waals surface area contributed by atoms with Crippen LogP contribution in [0.2, 0.25) is 0 Å². The van der Waals surface area contributed by atoms with Gasteiger partial charge in [0.1, 0.15) is 0 Å². The molecule has 3 aromatic carbocycles. The first kappa shape index (κ1) is 44.1. The van der Waals surface area contributed by atoms with Crippen LogP contribution in [-0.2, 0) is 34.2 Å². The van der Waals surface area contributed by atoms with Crippen LogP contribution in [0.25, 0.3) is 0 Å². The molecular weight excluding hydrogens is 690 g/mol. The fraction of sp³-hybridized carbons (Fsp3) is 0.500. The van der Waals surface area contributed by atoms with Gasteiger partial charge in [0.25, 0.3) is 0 Å². The monoisotopic (exact) mass is 736 g/mol. The zero-order valence-electron chi connectivity index (χ0n) is 30.1. The molecule has 1 atom stereocenters. The van der Waals surface area contributed by atoms with Gasteiger partial charge in [-0.05, 0) is 53.8 Å². The van der Waals surface area contributed by atoms with Crippen LogP contribution < -0.4 is 10.0 Å². The Balaban J connectivity index is 0.000000793. The van der Waals surface area contributed by atoms with E-state index in [9.17, 15) is 49.6 Å². The highest BCUT2D eigenvalue weighted by atomic mass is 19.4. The molecule has 0 amide bonds. The molecule has 0 radical (unpaired) electrons. The second-order valence-electron chi connectivity index (χ2n) is 15.3. The van der Waals surface area contributed by atoms with Gasteiger partial charge >= 0.3 is 18.5 Å². The maximum absolute atomic E-state index is 13.9. The van der Waals surface area contributed by atoms with Crippen LogP contribution in [0.4, 0.5) is 39.5 Å². The SMILES string of the molecule is C[N+](C)(C)C.C[N+](C)(C)C.[O-]B([O-])OC1(c2cccc(C(F)(F)F)c2)CCCCCC1(c1cccc(C(F)(F)F)c1)c1cccc(C(F)(F)F)c1. The largest absolute Gasteiger partial charge is 0.871 e. The third kappa shape index (κ3) is 12.5. The van der Waals surface area contributed by atoms with Gasteiger partial charge in [0.15, 0.2) is 0 Å². The van der Waals surface area contributed by atoms with E-state index in [1.165, 1.54) is 12.1 Å². The highest BCUT2D eigenvalue weighted by Gasteiger charge is 2.56. The number of hydrogen-bond acceptors (Lipinski definition) is 3. The average Bonchev–Trinajstić information content (AvgIpc) is 3.15. The van der Waals surface area contributed by atoms with Gasteiger partial charge in [-0.3, -0.25) is 0 Å². The van der Waals surface area contributed by atoms with Crippen molar-refractivity contribution in [3.05, 3.63) is 106 Å². The van der Waals surface area contributed by atoms with Gasteiger partial charge in [-0.15, -0.1) is 0 Å². The van der Waals surface area contributed by atoms with Crippen molar-refractivity contribution in [2.45, 2.75) is 61.6 Å². The molecule has 4 rings (SSSR count). The summed E-state index contributed by atoms with van der Waals surface area (Å²) < 4.78 is 132. The molecule has 0 N–H and O–H groups in total. The predicted octanol–water partition coefficient (Wildman–Crippen LogP) is 7.26. The third-order valence-corrected chi connectivity index (χ3v) is 7.59. The van der Waals surface area contributed by atoms with Crippen LogP contribution in [0.3, 0.4) is 0 Å². The van der Waals surface area contributed by atoms with Crippen LogP contribution in [0, 0.1) is 0 Å². The van der Waals surface area contributed by atoms with E-state index in [1.54, 1.807) is 0 Å². The lowest BCUT2D eigenvalue weighted by atomic mass is 9.57. The lowest BCUT2D eigenvalue weighted by molar-refractivity contribution is -0.849. The maximum atomic E-state index is 13.9. The fourth-order valence-electron chi connectivity index (χ4n) is 5.93. The van der Waals surface area contributed by atoms with Gasteiger partial charge in [0.2, 0.25) is 0 Å². The van der Waals surface area contributed by atoms with E-state index in [0.717, 1.165) is 51.4 Å². The van der Waals surface area contributed by atoms with Crippen molar-refractivity contribution < 1.29 is 63.2 Å². The average molecular weight is 737 g/mol. The molecule has 15 heteroatoms. The van der Waals surface area contributed by atoms with Crippen LogP contribution in [0.5, 0.6) is 0 Å². The van der Waals surface area contributed by atoms with Gasteiger partial charge in [-0.1, -0.05) is 67.8 Å². The van der Waals surface area contributed by atoms with Crippen LogP contribution in [0.15, 0.2) is 72.8 Å². The summed E-state index contributed by atoms with van der Waals surface area (Å²) in [4.78, 5) is 0. The van der Waals surface area contributed by atoms with Gasteiger partial charge in [-0.2, -0.15) is 39.5 Å². The lowest BCUT2D eigenvalue weighted by Crippen LogP contribution is -2.60. The Bertz CT molecular complexity index is 1480. The fourth-order valence-corrected chi connectivity index (χ4v) is 5.93. The van der Waals surface area contributed by atoms with Crippen LogP contribution in [-0.4, -0.2) is 72.7 Å². The Morgan fingerprint density at radius 2 is 0.843 bits per heavy atom. The molecule has 1 saturated carbocycles. The quantitative estimate of drug-likeness (QED) is 0.120. The van der Waals surface area contributed by atoms with Crippen molar-refractivity contribution in [3.63, 3.8) is 0 Å². The van der Waals surface area contributed by atoms with Crippen LogP contribution in [0.1, 0.15) is 65.5 Å². The molecule has 51 heavy (non-hydrogen) atoms. The number of hydrogen-bond donors (Lipinski definition) is 0. The van der Waals surface area contributed by atoms with E-state index < -0.39 is 53.6 Å². The van der Waals surface area contributed by atoms with Crippen molar-refractivity contribution in [2.75, 3.05) is 56.4 Å². The van der Waals surface area contributed by atoms with E-state index in [1.807, 2.05) is 0 Å². The van der Waals surface area contributed by atoms with Crippen molar-refractivity contribution in [1.29, 1.82) is 0 Å². The molecule has 0 heterocycles. The summed E-state index contributed by atoms with van der Waals surface area (Å²) in [7, 11) is 13.9. The predicted molar refractivity (Wildman–Crippen MR) is 175 cm³/mol. The summed E-state index contributed by atoms with van der Waals surface area (Å²) >= 11 is 0. The normalized spacial score (nSPS) is 18.4. The number of alkyl halides is 9. The zero-order valence-corrected chi connectivity index (χ0v) is 30.1. The van der Waals surface area contributed by atoms with E-state index in [0.29, 0.717) is 24.6 Å². The summed E-state index contributed by atoms with van der Waals surface area (Å²) in [6.45, 7) is 0. The van der Waals surface area contributed by atoms with E-state index >= 15 is 0 Å². The van der Waals surface area contributed by atoms with Crippen molar-refractivity contribution in [1.82, 2.24) is 0 Å². The molecule has 5 nitrogen and oxygen atoms in total. The minimum absolute atomic E-state index is 0.155. The Kier molecular flexibility index (Phi) is 14.1. The molecule has 0 aromatic heterocycles. The summed E-state index contributed by atoms with van der Waals surface area (Å²) in [5.74, 6) is 0. The standard InChI is InChI=1S/C28H22BF9O3.2C4H12N/c30-26(31,32)21-10-4-7-18(15-21)24(19-8-5-11-22(16-19)27(33,34)35)13-2-1-3-14-25(24,41-29(39)40)20-9-6-12-23(17-20)28(36,37)38;2*1-5(2,3)4/h4-12,15-17H,1-3,13-14H2;2*1-4H3/q-2;2*+1. The second kappa shape index (κ2) is 16.3. The molecule has 3 aromatic rings. The molecule has 1 unspecified atom stereocenters. The number of nitrogens with zero attached hydrogens (tertiary/aromatic N) is 2. The molecule has 1 aliphatic carbocycles. The molecular formula is C36H46BF9N2O3. The second-order valence-corrected chi connectivity index (χ2v) is 15.3. The lowest BCUT2D eigenvalue weighted by Gasteiger charge is -2.55. The third-order valence-electron chi connectivity index (χ3n) is 7.59. The maximum Gasteiger partial charge on any atom is 0.416 e. The smallest absolute Gasteiger partial charge is 0.416 e. The summed E-state index contributed by atoms with van der Waals surface area (Å²) in [5, 5.41) is 24.4. The highest BCUT2D eigenvalue weighted by Crippen LogP contribution is 2.58. The minimum atomic E-state index is -4.90. The van der Waals surface area contributed by atoms with Crippen LogP contribution >= 0.6 is 0 Å². The first-order chi connectivity index (χ1) is 23.0. The summed E-state index contributed by atoms with van der Waals surface area (Å²) in [6, 6.07) is 10.7. The molecule has 0 bridgehead atoms. The first-order valence-electron chi connectivity index (χ1n) is 16.1. The Morgan fingerprint density at radius 3 is 1.18 bits per heavy atom. The molecule has 0 spiro atoms. The molecule has 0 saturated heterocycles. The minimum Gasteiger partial charge on any atom is -0.871 e. The molecule has 1 aliphatic rings. The molecule has 284 valence electrons.